The van der Waals surface area contributed by atoms with Gasteiger partial charge in [0.15, 0.2) is 0 Å². The number of sulfonamides is 1. The number of phenols is 1. The Morgan fingerprint density at radius 2 is 1.85 bits per heavy atom. The summed E-state index contributed by atoms with van der Waals surface area (Å²) in [6, 6.07) is 4.59. The first-order valence-corrected chi connectivity index (χ1v) is 10.9. The molecular formula is C19H26N2O4S. The molecule has 1 heterocycles. The van der Waals surface area contributed by atoms with Crippen LogP contribution in [0.2, 0.25) is 0 Å². The Balaban J connectivity index is 1.43. The van der Waals surface area contributed by atoms with Crippen molar-refractivity contribution in [3.8, 4) is 5.75 Å². The van der Waals surface area contributed by atoms with E-state index in [0.29, 0.717) is 19.0 Å². The zero-order valence-corrected chi connectivity index (χ0v) is 15.9. The molecular weight excluding hydrogens is 352 g/mol. The van der Waals surface area contributed by atoms with Crippen LogP contribution in [0.5, 0.6) is 5.75 Å². The number of benzene rings is 1. The standard InChI is InChI=1S/C19H26N2O4S/c1-13-2-5-17(22)18(10-13)26(24,25)21-8-6-20(7-9-21)19(23)16-12-14-3-4-15(16)11-14/h2,5,10,14-16,22H,3-4,6-9,11-12H2,1H3. The summed E-state index contributed by atoms with van der Waals surface area (Å²) in [5, 5.41) is 9.98. The monoisotopic (exact) mass is 378 g/mol. The fraction of sp³-hybridized carbons (Fsp3) is 0.632. The lowest BCUT2D eigenvalue weighted by atomic mass is 9.87. The van der Waals surface area contributed by atoms with E-state index in [2.05, 4.69) is 0 Å². The van der Waals surface area contributed by atoms with Crippen LogP contribution < -0.4 is 0 Å². The third-order valence-electron chi connectivity index (χ3n) is 6.34. The van der Waals surface area contributed by atoms with E-state index in [9.17, 15) is 18.3 Å². The second-order valence-electron chi connectivity index (χ2n) is 7.98. The number of amides is 1. The molecule has 0 radical (unpaired) electrons. The molecule has 2 saturated carbocycles. The Hall–Kier alpha value is -1.60. The summed E-state index contributed by atoms with van der Waals surface area (Å²) in [5.41, 5.74) is 0.784. The van der Waals surface area contributed by atoms with Crippen molar-refractivity contribution in [3.05, 3.63) is 23.8 Å². The third kappa shape index (κ3) is 3.01. The lowest BCUT2D eigenvalue weighted by Crippen LogP contribution is -2.52. The van der Waals surface area contributed by atoms with E-state index in [-0.39, 0.29) is 35.6 Å². The van der Waals surface area contributed by atoms with Crippen LogP contribution in [0.4, 0.5) is 0 Å². The molecule has 1 saturated heterocycles. The smallest absolute Gasteiger partial charge is 0.246 e. The van der Waals surface area contributed by atoms with Crippen molar-refractivity contribution in [2.45, 2.75) is 37.5 Å². The largest absolute Gasteiger partial charge is 0.507 e. The van der Waals surface area contributed by atoms with E-state index in [1.807, 2.05) is 4.90 Å². The molecule has 142 valence electrons. The molecule has 1 aromatic carbocycles. The Morgan fingerprint density at radius 3 is 2.46 bits per heavy atom. The van der Waals surface area contributed by atoms with Gasteiger partial charge in [-0.2, -0.15) is 4.31 Å². The molecule has 6 nitrogen and oxygen atoms in total. The highest BCUT2D eigenvalue weighted by molar-refractivity contribution is 7.89. The molecule has 26 heavy (non-hydrogen) atoms. The van der Waals surface area contributed by atoms with Crippen molar-refractivity contribution in [1.82, 2.24) is 9.21 Å². The van der Waals surface area contributed by atoms with Gasteiger partial charge in [-0.3, -0.25) is 4.79 Å². The van der Waals surface area contributed by atoms with Gasteiger partial charge in [-0.1, -0.05) is 12.5 Å². The minimum absolute atomic E-state index is 0.0506. The first kappa shape index (κ1) is 17.8. The van der Waals surface area contributed by atoms with E-state index in [1.54, 1.807) is 13.0 Å². The average Bonchev–Trinajstić information content (AvgIpc) is 3.26. The molecule has 2 bridgehead atoms. The average molecular weight is 378 g/mol. The molecule has 0 aromatic heterocycles. The van der Waals surface area contributed by atoms with Gasteiger partial charge in [0.2, 0.25) is 15.9 Å². The number of hydrogen-bond donors (Lipinski definition) is 1. The van der Waals surface area contributed by atoms with Gasteiger partial charge < -0.3 is 10.0 Å². The summed E-state index contributed by atoms with van der Waals surface area (Å²) < 4.78 is 27.1. The second-order valence-corrected chi connectivity index (χ2v) is 9.89. The van der Waals surface area contributed by atoms with Gasteiger partial charge in [-0.25, -0.2) is 8.42 Å². The molecule has 4 rings (SSSR count). The third-order valence-corrected chi connectivity index (χ3v) is 8.27. The van der Waals surface area contributed by atoms with Crippen molar-refractivity contribution >= 4 is 15.9 Å². The van der Waals surface area contributed by atoms with Crippen molar-refractivity contribution < 1.29 is 18.3 Å². The van der Waals surface area contributed by atoms with Crippen LogP contribution >= 0.6 is 0 Å². The molecule has 3 unspecified atom stereocenters. The minimum Gasteiger partial charge on any atom is -0.507 e. The number of nitrogens with zero attached hydrogens (tertiary/aromatic N) is 2. The van der Waals surface area contributed by atoms with Gasteiger partial charge in [-0.05, 0) is 55.7 Å². The molecule has 1 aromatic rings. The number of carbonyl (C=O) groups excluding carboxylic acids is 1. The van der Waals surface area contributed by atoms with Crippen LogP contribution in [0.15, 0.2) is 23.1 Å². The maximum absolute atomic E-state index is 12.9. The molecule has 3 fully saturated rings. The highest BCUT2D eigenvalue weighted by atomic mass is 32.2. The minimum atomic E-state index is -3.75. The summed E-state index contributed by atoms with van der Waals surface area (Å²) in [4.78, 5) is 14.6. The van der Waals surface area contributed by atoms with Crippen LogP contribution in [-0.2, 0) is 14.8 Å². The van der Waals surface area contributed by atoms with Crippen LogP contribution in [0.25, 0.3) is 0 Å². The number of carbonyl (C=O) groups is 1. The summed E-state index contributed by atoms with van der Waals surface area (Å²) >= 11 is 0. The normalized spacial score (nSPS) is 29.3. The first-order valence-electron chi connectivity index (χ1n) is 9.45. The summed E-state index contributed by atoms with van der Waals surface area (Å²) in [6.45, 7) is 3.21. The van der Waals surface area contributed by atoms with E-state index in [1.165, 1.54) is 35.7 Å². The maximum Gasteiger partial charge on any atom is 0.246 e. The van der Waals surface area contributed by atoms with Crippen LogP contribution in [0, 0.1) is 24.7 Å². The summed E-state index contributed by atoms with van der Waals surface area (Å²) in [5.74, 6) is 1.40. The zero-order chi connectivity index (χ0) is 18.5. The Labute approximate surface area is 154 Å². The molecule has 3 atom stereocenters. The maximum atomic E-state index is 12.9. The molecule has 3 aliphatic rings. The van der Waals surface area contributed by atoms with Gasteiger partial charge >= 0.3 is 0 Å². The van der Waals surface area contributed by atoms with Gasteiger partial charge in [0.05, 0.1) is 0 Å². The van der Waals surface area contributed by atoms with E-state index in [4.69, 9.17) is 0 Å². The molecule has 1 amide bonds. The number of aromatic hydroxyl groups is 1. The summed E-state index contributed by atoms with van der Waals surface area (Å²) in [7, 11) is -3.75. The Kier molecular flexibility index (Phi) is 4.47. The van der Waals surface area contributed by atoms with E-state index < -0.39 is 10.0 Å². The molecule has 2 aliphatic carbocycles. The van der Waals surface area contributed by atoms with Crippen molar-refractivity contribution in [1.29, 1.82) is 0 Å². The molecule has 1 aliphatic heterocycles. The van der Waals surface area contributed by atoms with Crippen molar-refractivity contribution in [2.24, 2.45) is 17.8 Å². The lowest BCUT2D eigenvalue weighted by molar-refractivity contribution is -0.138. The highest BCUT2D eigenvalue weighted by Crippen LogP contribution is 2.49. The predicted molar refractivity (Wildman–Crippen MR) is 97.1 cm³/mol. The number of aryl methyl sites for hydroxylation is 1. The van der Waals surface area contributed by atoms with E-state index in [0.717, 1.165) is 17.9 Å². The Bertz CT molecular complexity index is 815. The van der Waals surface area contributed by atoms with Gasteiger partial charge in [-0.15, -0.1) is 0 Å². The number of hydrogen-bond acceptors (Lipinski definition) is 4. The second kappa shape index (κ2) is 6.53. The van der Waals surface area contributed by atoms with Crippen LogP contribution in [-0.4, -0.2) is 54.8 Å². The number of fused-ring (bicyclic) bond motifs is 2. The van der Waals surface area contributed by atoms with Crippen molar-refractivity contribution in [3.63, 3.8) is 0 Å². The lowest BCUT2D eigenvalue weighted by Gasteiger charge is -2.36. The number of phenolic OH excluding ortho intramolecular Hbond substituents is 1. The van der Waals surface area contributed by atoms with Gasteiger partial charge in [0, 0.05) is 32.1 Å². The van der Waals surface area contributed by atoms with Crippen molar-refractivity contribution in [2.75, 3.05) is 26.2 Å². The summed E-state index contributed by atoms with van der Waals surface area (Å²) in [6.07, 6.45) is 4.64. The topological polar surface area (TPSA) is 77.9 Å². The first-order chi connectivity index (χ1) is 12.4. The van der Waals surface area contributed by atoms with Crippen LogP contribution in [0.1, 0.15) is 31.2 Å². The van der Waals surface area contributed by atoms with Gasteiger partial charge in [0.1, 0.15) is 10.6 Å². The molecule has 0 spiro atoms. The number of piperazine rings is 1. The fourth-order valence-electron chi connectivity index (χ4n) is 4.90. The SMILES string of the molecule is Cc1ccc(O)c(S(=O)(=O)N2CCN(C(=O)C3CC4CCC3C4)CC2)c1. The van der Waals surface area contributed by atoms with Crippen LogP contribution in [0.3, 0.4) is 0 Å². The highest BCUT2D eigenvalue weighted by Gasteiger charge is 2.45. The Morgan fingerprint density at radius 1 is 1.12 bits per heavy atom. The predicted octanol–water partition coefficient (Wildman–Crippen LogP) is 1.97. The van der Waals surface area contributed by atoms with E-state index >= 15 is 0 Å². The molecule has 7 heteroatoms. The zero-order valence-electron chi connectivity index (χ0n) is 15.1. The number of rotatable bonds is 3. The quantitative estimate of drug-likeness (QED) is 0.872. The fourth-order valence-corrected chi connectivity index (χ4v) is 6.49. The molecule has 1 N–H and O–H groups in total. The van der Waals surface area contributed by atoms with Gasteiger partial charge in [0.25, 0.3) is 0 Å².